The minimum absolute atomic E-state index is 0.0271. The number of esters is 3. The molecule has 1 N–H and O–H groups in total. The van der Waals surface area contributed by atoms with Gasteiger partial charge in [-0.1, -0.05) is 40.9 Å². The number of hydrogen-bond donors (Lipinski definition) is 1. The highest BCUT2D eigenvalue weighted by Crippen LogP contribution is 2.47. The fourth-order valence-electron chi connectivity index (χ4n) is 3.78. The second-order valence-electron chi connectivity index (χ2n) is 8.19. The van der Waals surface area contributed by atoms with E-state index in [0.29, 0.717) is 0 Å². The minimum atomic E-state index is -1.98. The van der Waals surface area contributed by atoms with Crippen LogP contribution < -0.4 is 5.32 Å². The quantitative estimate of drug-likeness (QED) is 0.175. The van der Waals surface area contributed by atoms with Crippen molar-refractivity contribution >= 4 is 87.6 Å². The number of alkyl halides is 3. The molecule has 3 heterocycles. The van der Waals surface area contributed by atoms with E-state index in [1.807, 2.05) is 11.4 Å². The molecule has 2 aliphatic heterocycles. The van der Waals surface area contributed by atoms with Gasteiger partial charge < -0.3 is 19.5 Å². The van der Waals surface area contributed by atoms with E-state index in [1.165, 1.54) is 11.3 Å². The Hall–Kier alpha value is -2.50. The zero-order chi connectivity index (χ0) is 28.9. The lowest BCUT2D eigenvalue weighted by atomic mass is 9.99. The first-order valence-electron chi connectivity index (χ1n) is 11.4. The van der Waals surface area contributed by atoms with Crippen molar-refractivity contribution in [1.29, 1.82) is 5.26 Å². The van der Waals surface area contributed by atoms with Crippen LogP contribution in [0.2, 0.25) is 0 Å². The first-order chi connectivity index (χ1) is 18.4. The van der Waals surface area contributed by atoms with Gasteiger partial charge in [0.15, 0.2) is 11.5 Å². The average Bonchev–Trinajstić information content (AvgIpc) is 3.36. The Balaban J connectivity index is 1.96. The van der Waals surface area contributed by atoms with Crippen molar-refractivity contribution in [3.8, 4) is 6.07 Å². The van der Waals surface area contributed by atoms with Crippen LogP contribution in [0.25, 0.3) is 0 Å². The monoisotopic (exact) mass is 637 g/mol. The largest absolute Gasteiger partial charge is 0.465 e. The molecule has 1 aromatic heterocycles. The predicted octanol–water partition coefficient (Wildman–Crippen LogP) is 2.84. The second kappa shape index (κ2) is 13.2. The van der Waals surface area contributed by atoms with Crippen molar-refractivity contribution in [2.45, 2.75) is 47.1 Å². The lowest BCUT2D eigenvalue weighted by Gasteiger charge is -2.51. The van der Waals surface area contributed by atoms with Crippen LogP contribution in [0, 0.1) is 17.2 Å². The summed E-state index contributed by atoms with van der Waals surface area (Å²) in [4.78, 5) is 65.1. The number of amides is 2. The number of thioether (sulfide) groups is 1. The Morgan fingerprint density at radius 2 is 1.97 bits per heavy atom. The molecule has 0 aliphatic carbocycles. The van der Waals surface area contributed by atoms with Crippen LogP contribution in [0.4, 0.5) is 0 Å². The van der Waals surface area contributed by atoms with Gasteiger partial charge in [0.05, 0.1) is 24.3 Å². The Labute approximate surface area is 246 Å². The van der Waals surface area contributed by atoms with E-state index in [4.69, 9.17) is 49.0 Å². The van der Waals surface area contributed by atoms with Gasteiger partial charge in [0.1, 0.15) is 23.9 Å². The molecule has 1 aromatic rings. The van der Waals surface area contributed by atoms with Crippen molar-refractivity contribution in [3.05, 3.63) is 33.8 Å². The predicted molar refractivity (Wildman–Crippen MR) is 142 cm³/mol. The highest BCUT2D eigenvalue weighted by atomic mass is 35.6. The molecule has 39 heavy (non-hydrogen) atoms. The molecule has 3 rings (SSSR count). The maximum Gasteiger partial charge on any atom is 0.358 e. The van der Waals surface area contributed by atoms with Crippen LogP contribution >= 0.6 is 57.9 Å². The highest BCUT2D eigenvalue weighted by Gasteiger charge is 2.58. The molecule has 0 spiro atoms. The summed E-state index contributed by atoms with van der Waals surface area (Å²) in [6, 6.07) is 4.36. The first-order valence-corrected chi connectivity index (χ1v) is 14.3. The number of ether oxygens (including phenoxy) is 3. The summed E-state index contributed by atoms with van der Waals surface area (Å²) in [5, 5.41) is 12.2. The second-order valence-corrected chi connectivity index (χ2v) is 13.1. The number of carbonyl (C=O) groups is 5. The van der Waals surface area contributed by atoms with E-state index in [2.05, 4.69) is 5.32 Å². The molecule has 4 atom stereocenters. The summed E-state index contributed by atoms with van der Waals surface area (Å²) in [5.41, 5.74) is -0.456. The summed E-state index contributed by atoms with van der Waals surface area (Å²) in [7, 11) is 0. The molecule has 3 unspecified atom stereocenters. The van der Waals surface area contributed by atoms with Gasteiger partial charge in [-0.25, -0.2) is 4.79 Å². The molecular weight excluding hydrogens is 617 g/mol. The standard InChI is InChI=1S/C23H22Cl3N3O8S2/c1-3-35-21(33)12(9-27)7-14-18(37-11(2)30)17(22(34)36-10-23(24,25)26)29-19(32)16(20(29)39-14)28-15(31)8-13-5-4-6-38-13/h4-6,12,14,16,20H,3,7-8,10H2,1-2H3,(H,28,31)/t12?,14?,16?,20-/m1/s1. The normalized spacial score (nSPS) is 21.2. The SMILES string of the molecule is CCOC(=O)C(C#N)CC1S[C@@H]2C(NC(=O)Cc3cccs3)C(=O)N2C(C(=O)OCC(Cl)(Cl)Cl)=C1OC(C)=O. The van der Waals surface area contributed by atoms with Crippen LogP contribution in [0.1, 0.15) is 25.1 Å². The van der Waals surface area contributed by atoms with Gasteiger partial charge in [0.25, 0.3) is 5.91 Å². The van der Waals surface area contributed by atoms with Gasteiger partial charge >= 0.3 is 17.9 Å². The fraction of sp³-hybridized carbons (Fsp3) is 0.478. The van der Waals surface area contributed by atoms with E-state index in [0.717, 1.165) is 28.5 Å². The molecule has 0 saturated carbocycles. The molecule has 0 aromatic carbocycles. The summed E-state index contributed by atoms with van der Waals surface area (Å²) in [5.74, 6) is -5.48. The molecule has 0 radical (unpaired) electrons. The van der Waals surface area contributed by atoms with Crippen LogP contribution in [0.5, 0.6) is 0 Å². The first kappa shape index (κ1) is 31.0. The molecule has 1 saturated heterocycles. The summed E-state index contributed by atoms with van der Waals surface area (Å²) >= 11 is 19.5. The topological polar surface area (TPSA) is 152 Å². The number of carbonyl (C=O) groups excluding carboxylic acids is 5. The van der Waals surface area contributed by atoms with Crippen molar-refractivity contribution in [3.63, 3.8) is 0 Å². The third-order valence-corrected chi connectivity index (χ3v) is 8.04. The number of nitrogens with one attached hydrogen (secondary N) is 1. The molecule has 2 amide bonds. The molecule has 0 bridgehead atoms. The Morgan fingerprint density at radius 3 is 2.54 bits per heavy atom. The lowest BCUT2D eigenvalue weighted by Crippen LogP contribution is -2.71. The zero-order valence-corrected chi connectivity index (χ0v) is 24.4. The van der Waals surface area contributed by atoms with Crippen LogP contribution in [0.15, 0.2) is 29.0 Å². The maximum atomic E-state index is 13.2. The number of fused-ring (bicyclic) bond motifs is 1. The van der Waals surface area contributed by atoms with Crippen molar-refractivity contribution < 1.29 is 38.2 Å². The molecule has 11 nitrogen and oxygen atoms in total. The van der Waals surface area contributed by atoms with Gasteiger partial charge in [0, 0.05) is 11.8 Å². The number of nitriles is 1. The Morgan fingerprint density at radius 1 is 1.26 bits per heavy atom. The number of hydrogen-bond acceptors (Lipinski definition) is 11. The fourth-order valence-corrected chi connectivity index (χ4v) is 6.24. The zero-order valence-electron chi connectivity index (χ0n) is 20.5. The average molecular weight is 639 g/mol. The Kier molecular flexibility index (Phi) is 10.5. The van der Waals surface area contributed by atoms with Crippen LogP contribution in [0.3, 0.4) is 0 Å². The third kappa shape index (κ3) is 7.79. The van der Waals surface area contributed by atoms with Crippen LogP contribution in [-0.2, 0) is 44.6 Å². The molecule has 2 aliphatic rings. The number of nitrogens with zero attached hydrogens (tertiary/aromatic N) is 2. The van der Waals surface area contributed by atoms with E-state index in [1.54, 1.807) is 19.1 Å². The summed E-state index contributed by atoms with van der Waals surface area (Å²) in [6.45, 7) is 1.98. The van der Waals surface area contributed by atoms with Gasteiger partial charge in [-0.3, -0.25) is 24.1 Å². The van der Waals surface area contributed by atoms with E-state index in [9.17, 15) is 29.2 Å². The van der Waals surface area contributed by atoms with Gasteiger partial charge in [-0.15, -0.1) is 23.1 Å². The van der Waals surface area contributed by atoms with Crippen molar-refractivity contribution in [2.75, 3.05) is 13.2 Å². The van der Waals surface area contributed by atoms with E-state index >= 15 is 0 Å². The van der Waals surface area contributed by atoms with Crippen LogP contribution in [-0.4, -0.2) is 68.3 Å². The minimum Gasteiger partial charge on any atom is -0.465 e. The molecule has 210 valence electrons. The smallest absolute Gasteiger partial charge is 0.358 e. The van der Waals surface area contributed by atoms with Gasteiger partial charge in [-0.2, -0.15) is 5.26 Å². The van der Waals surface area contributed by atoms with E-state index in [-0.39, 0.29) is 25.2 Å². The maximum absolute atomic E-state index is 13.2. The molecule has 16 heteroatoms. The van der Waals surface area contributed by atoms with Crippen molar-refractivity contribution in [1.82, 2.24) is 10.2 Å². The van der Waals surface area contributed by atoms with Gasteiger partial charge in [-0.05, 0) is 24.8 Å². The number of halogens is 3. The molecule has 1 fully saturated rings. The van der Waals surface area contributed by atoms with Crippen molar-refractivity contribution in [2.24, 2.45) is 5.92 Å². The Bertz CT molecular complexity index is 1210. The number of β-lactam (4-membered cyclic amide) rings is 1. The third-order valence-electron chi connectivity index (χ3n) is 5.34. The van der Waals surface area contributed by atoms with Gasteiger partial charge in [0.2, 0.25) is 9.70 Å². The number of rotatable bonds is 10. The molecular formula is C23H22Cl3N3O8S2. The van der Waals surface area contributed by atoms with E-state index < -0.39 is 68.4 Å². The summed E-state index contributed by atoms with van der Waals surface area (Å²) < 4.78 is 13.4. The number of thiophene rings is 1. The summed E-state index contributed by atoms with van der Waals surface area (Å²) in [6.07, 6.45) is -0.202. The highest BCUT2D eigenvalue weighted by molar-refractivity contribution is 8.00. The lowest BCUT2D eigenvalue weighted by molar-refractivity contribution is -0.154.